The van der Waals surface area contributed by atoms with Crippen molar-refractivity contribution in [3.8, 4) is 23.0 Å². The van der Waals surface area contributed by atoms with E-state index < -0.39 is 0 Å². The molecule has 3 heterocycles. The van der Waals surface area contributed by atoms with Crippen molar-refractivity contribution in [1.82, 2.24) is 25.0 Å². The number of pyridine rings is 1. The first-order valence-corrected chi connectivity index (χ1v) is 7.55. The molecule has 0 aliphatic heterocycles. The summed E-state index contributed by atoms with van der Waals surface area (Å²) in [5.74, 6) is 1.27. The van der Waals surface area contributed by atoms with Crippen molar-refractivity contribution in [2.24, 2.45) is 0 Å². The molecule has 3 aromatic rings. The van der Waals surface area contributed by atoms with Gasteiger partial charge < -0.3 is 4.74 Å². The minimum Gasteiger partial charge on any atom is -0.477 e. The predicted octanol–water partition coefficient (Wildman–Crippen LogP) is 3.05. The van der Waals surface area contributed by atoms with E-state index >= 15 is 0 Å². The average Bonchev–Trinajstić information content (AvgIpc) is 3.02. The minimum absolute atomic E-state index is 0.569. The molecule has 0 aliphatic carbocycles. The van der Waals surface area contributed by atoms with Gasteiger partial charge in [0.1, 0.15) is 0 Å². The third-order valence-corrected chi connectivity index (χ3v) is 3.74. The van der Waals surface area contributed by atoms with Gasteiger partial charge in [0.25, 0.3) is 0 Å². The number of aryl methyl sites for hydroxylation is 1. The van der Waals surface area contributed by atoms with Gasteiger partial charge in [0.05, 0.1) is 18.5 Å². The SMILES string of the molecule is CCOc1nnc(-n2cc(-c3ccc(C)cn3)cn2)c(C)c1C. The quantitative estimate of drug-likeness (QED) is 0.741. The van der Waals surface area contributed by atoms with Crippen LogP contribution in [0.15, 0.2) is 30.7 Å². The Hall–Kier alpha value is -2.76. The number of ether oxygens (including phenoxy) is 1. The Morgan fingerprint density at radius 1 is 1.04 bits per heavy atom. The van der Waals surface area contributed by atoms with Crippen LogP contribution in [0.4, 0.5) is 0 Å². The van der Waals surface area contributed by atoms with Crippen LogP contribution < -0.4 is 4.74 Å². The van der Waals surface area contributed by atoms with Crippen LogP contribution in [0.1, 0.15) is 23.6 Å². The normalized spacial score (nSPS) is 10.8. The number of hydrogen-bond donors (Lipinski definition) is 0. The van der Waals surface area contributed by atoms with Gasteiger partial charge in [0.2, 0.25) is 5.88 Å². The Labute approximate surface area is 135 Å². The zero-order valence-corrected chi connectivity index (χ0v) is 13.7. The van der Waals surface area contributed by atoms with E-state index in [1.54, 1.807) is 10.9 Å². The lowest BCUT2D eigenvalue weighted by Crippen LogP contribution is -2.07. The summed E-state index contributed by atoms with van der Waals surface area (Å²) in [7, 11) is 0. The van der Waals surface area contributed by atoms with Crippen LogP contribution in [0.5, 0.6) is 5.88 Å². The Bertz CT molecular complexity index is 824. The smallest absolute Gasteiger partial charge is 0.236 e. The van der Waals surface area contributed by atoms with Crippen molar-refractivity contribution in [3.63, 3.8) is 0 Å². The molecule has 0 spiro atoms. The maximum atomic E-state index is 5.48. The molecule has 118 valence electrons. The molecule has 0 fully saturated rings. The predicted molar refractivity (Wildman–Crippen MR) is 87.8 cm³/mol. The molecule has 0 saturated heterocycles. The molecule has 0 amide bonds. The molecule has 23 heavy (non-hydrogen) atoms. The fourth-order valence-electron chi connectivity index (χ4n) is 2.27. The number of aromatic nitrogens is 5. The Morgan fingerprint density at radius 2 is 1.87 bits per heavy atom. The Morgan fingerprint density at radius 3 is 2.57 bits per heavy atom. The molecule has 0 aromatic carbocycles. The summed E-state index contributed by atoms with van der Waals surface area (Å²) in [5, 5.41) is 12.8. The number of nitrogens with zero attached hydrogens (tertiary/aromatic N) is 5. The first kappa shape index (κ1) is 15.1. The molecule has 0 saturated carbocycles. The van der Waals surface area contributed by atoms with Gasteiger partial charge in [-0.25, -0.2) is 4.68 Å². The maximum absolute atomic E-state index is 5.48. The second kappa shape index (κ2) is 6.16. The molecular weight excluding hydrogens is 290 g/mol. The van der Waals surface area contributed by atoms with Gasteiger partial charge in [0, 0.05) is 29.1 Å². The lowest BCUT2D eigenvalue weighted by atomic mass is 10.2. The first-order valence-electron chi connectivity index (χ1n) is 7.55. The summed E-state index contributed by atoms with van der Waals surface area (Å²) >= 11 is 0. The van der Waals surface area contributed by atoms with Crippen LogP contribution in [0, 0.1) is 20.8 Å². The van der Waals surface area contributed by atoms with Crippen molar-refractivity contribution >= 4 is 0 Å². The van der Waals surface area contributed by atoms with Gasteiger partial charge in [-0.1, -0.05) is 6.07 Å². The Kier molecular flexibility index (Phi) is 4.06. The third kappa shape index (κ3) is 2.92. The summed E-state index contributed by atoms with van der Waals surface area (Å²) < 4.78 is 7.20. The van der Waals surface area contributed by atoms with Crippen LogP contribution in [0.3, 0.4) is 0 Å². The highest BCUT2D eigenvalue weighted by molar-refractivity contribution is 5.57. The molecule has 3 aromatic heterocycles. The van der Waals surface area contributed by atoms with Crippen LogP contribution in [-0.2, 0) is 0 Å². The molecule has 3 rings (SSSR count). The van der Waals surface area contributed by atoms with Crippen molar-refractivity contribution in [2.75, 3.05) is 6.61 Å². The molecule has 0 atom stereocenters. The zero-order chi connectivity index (χ0) is 16.4. The second-order valence-corrected chi connectivity index (χ2v) is 5.41. The van der Waals surface area contributed by atoms with Crippen LogP contribution in [0.2, 0.25) is 0 Å². The lowest BCUT2D eigenvalue weighted by molar-refractivity contribution is 0.319. The molecule has 6 heteroatoms. The molecular formula is C17H19N5O. The molecule has 6 nitrogen and oxygen atoms in total. The van der Waals surface area contributed by atoms with Gasteiger partial charge >= 0.3 is 0 Å². The van der Waals surface area contributed by atoms with E-state index in [2.05, 4.69) is 20.3 Å². The van der Waals surface area contributed by atoms with E-state index in [9.17, 15) is 0 Å². The molecule has 0 N–H and O–H groups in total. The highest BCUT2D eigenvalue weighted by Gasteiger charge is 2.13. The van der Waals surface area contributed by atoms with Gasteiger partial charge in [0.15, 0.2) is 5.82 Å². The highest BCUT2D eigenvalue weighted by atomic mass is 16.5. The van der Waals surface area contributed by atoms with Gasteiger partial charge in [-0.15, -0.1) is 10.2 Å². The number of rotatable bonds is 4. The van der Waals surface area contributed by atoms with Gasteiger partial charge in [-0.3, -0.25) is 4.98 Å². The summed E-state index contributed by atoms with van der Waals surface area (Å²) in [4.78, 5) is 4.42. The van der Waals surface area contributed by atoms with Crippen LogP contribution in [0.25, 0.3) is 17.1 Å². The molecule has 0 bridgehead atoms. The average molecular weight is 309 g/mol. The third-order valence-electron chi connectivity index (χ3n) is 3.74. The second-order valence-electron chi connectivity index (χ2n) is 5.41. The zero-order valence-electron chi connectivity index (χ0n) is 13.7. The summed E-state index contributed by atoms with van der Waals surface area (Å²) in [6.45, 7) is 8.48. The van der Waals surface area contributed by atoms with Crippen LogP contribution >= 0.6 is 0 Å². The van der Waals surface area contributed by atoms with E-state index in [4.69, 9.17) is 4.74 Å². The highest BCUT2D eigenvalue weighted by Crippen LogP contribution is 2.23. The standard InChI is InChI=1S/C17H19N5O/c1-5-23-17-13(4)12(3)16(20-21-17)22-10-14(9-19-22)15-7-6-11(2)8-18-15/h6-10H,5H2,1-4H3. The van der Waals surface area contributed by atoms with Crippen molar-refractivity contribution in [1.29, 1.82) is 0 Å². The van der Waals surface area contributed by atoms with E-state index in [1.807, 2.05) is 52.2 Å². The van der Waals surface area contributed by atoms with Crippen molar-refractivity contribution in [3.05, 3.63) is 47.4 Å². The lowest BCUT2D eigenvalue weighted by Gasteiger charge is -2.10. The maximum Gasteiger partial charge on any atom is 0.236 e. The van der Waals surface area contributed by atoms with E-state index in [-0.39, 0.29) is 0 Å². The van der Waals surface area contributed by atoms with E-state index in [1.165, 1.54) is 0 Å². The molecule has 0 aliphatic rings. The van der Waals surface area contributed by atoms with Crippen molar-refractivity contribution in [2.45, 2.75) is 27.7 Å². The fraction of sp³-hybridized carbons (Fsp3) is 0.294. The van der Waals surface area contributed by atoms with Crippen molar-refractivity contribution < 1.29 is 4.74 Å². The van der Waals surface area contributed by atoms with E-state index in [0.29, 0.717) is 18.3 Å². The van der Waals surface area contributed by atoms with Gasteiger partial charge in [-0.05, 0) is 39.3 Å². The fourth-order valence-corrected chi connectivity index (χ4v) is 2.27. The van der Waals surface area contributed by atoms with Crippen LogP contribution in [-0.4, -0.2) is 31.6 Å². The largest absolute Gasteiger partial charge is 0.477 e. The summed E-state index contributed by atoms with van der Waals surface area (Å²) in [6, 6.07) is 4.02. The topological polar surface area (TPSA) is 65.7 Å². The van der Waals surface area contributed by atoms with E-state index in [0.717, 1.165) is 27.9 Å². The van der Waals surface area contributed by atoms with Gasteiger partial charge in [-0.2, -0.15) is 5.10 Å². The minimum atomic E-state index is 0.569. The molecule has 0 unspecified atom stereocenters. The summed E-state index contributed by atoms with van der Waals surface area (Å²) in [5.41, 5.74) is 4.93. The number of hydrogen-bond acceptors (Lipinski definition) is 5. The Balaban J connectivity index is 1.97. The molecule has 0 radical (unpaired) electrons. The monoisotopic (exact) mass is 309 g/mol. The first-order chi connectivity index (χ1) is 11.1. The summed E-state index contributed by atoms with van der Waals surface area (Å²) in [6.07, 6.45) is 5.54.